The van der Waals surface area contributed by atoms with Gasteiger partial charge in [0, 0.05) is 32.7 Å². The predicted octanol–water partition coefficient (Wildman–Crippen LogP) is 3.08. The highest BCUT2D eigenvalue weighted by atomic mass is 32.2. The van der Waals surface area contributed by atoms with E-state index in [-0.39, 0.29) is 18.0 Å². The van der Waals surface area contributed by atoms with Crippen molar-refractivity contribution in [2.75, 3.05) is 26.2 Å². The fourth-order valence-electron chi connectivity index (χ4n) is 3.12. The molecule has 0 unspecified atom stereocenters. The predicted molar refractivity (Wildman–Crippen MR) is 96.6 cm³/mol. The van der Waals surface area contributed by atoms with Crippen LogP contribution in [0.3, 0.4) is 0 Å². The molecule has 148 valence electrons. The van der Waals surface area contributed by atoms with Crippen molar-refractivity contribution in [2.45, 2.75) is 17.6 Å². The minimum absolute atomic E-state index is 0.174. The Labute approximate surface area is 161 Å². The highest BCUT2D eigenvalue weighted by Gasteiger charge is 2.34. The third kappa shape index (κ3) is 4.35. The second kappa shape index (κ2) is 7.91. The van der Waals surface area contributed by atoms with Crippen LogP contribution >= 0.6 is 0 Å². The van der Waals surface area contributed by atoms with E-state index < -0.39 is 21.8 Å². The summed E-state index contributed by atoms with van der Waals surface area (Å²) in [6.45, 7) is 1.72. The first-order chi connectivity index (χ1) is 13.2. The monoisotopic (exact) mass is 409 g/mol. The minimum atomic E-state index is -4.60. The first kappa shape index (κ1) is 20.3. The molecule has 0 bridgehead atoms. The maximum Gasteiger partial charge on any atom is 0.416 e. The molecule has 0 amide bonds. The smallest absolute Gasteiger partial charge is 0.296 e. The third-order valence-electron chi connectivity index (χ3n) is 4.66. The largest absolute Gasteiger partial charge is 0.416 e. The summed E-state index contributed by atoms with van der Waals surface area (Å²) in [5.41, 5.74) is 0.445. The summed E-state index contributed by atoms with van der Waals surface area (Å²) in [6.07, 6.45) is -4.60. The molecule has 0 saturated carbocycles. The summed E-state index contributed by atoms with van der Waals surface area (Å²) in [5, 5.41) is 9.17. The second-order valence-electron chi connectivity index (χ2n) is 6.47. The van der Waals surface area contributed by atoms with Gasteiger partial charge in [0.1, 0.15) is 0 Å². The van der Waals surface area contributed by atoms with Crippen molar-refractivity contribution in [3.8, 4) is 6.07 Å². The van der Waals surface area contributed by atoms with Gasteiger partial charge in [0.25, 0.3) is 0 Å². The molecular weight excluding hydrogens is 391 g/mol. The van der Waals surface area contributed by atoms with Gasteiger partial charge in [0.15, 0.2) is 0 Å². The average Bonchev–Trinajstić information content (AvgIpc) is 2.68. The van der Waals surface area contributed by atoms with Gasteiger partial charge in [-0.25, -0.2) is 8.42 Å². The van der Waals surface area contributed by atoms with Crippen molar-refractivity contribution in [3.63, 3.8) is 0 Å². The van der Waals surface area contributed by atoms with E-state index in [0.717, 1.165) is 17.7 Å². The number of hydrogen-bond donors (Lipinski definition) is 0. The number of sulfonamides is 1. The average molecular weight is 409 g/mol. The first-order valence-electron chi connectivity index (χ1n) is 8.59. The van der Waals surface area contributed by atoms with Crippen LogP contribution in [0.15, 0.2) is 53.4 Å². The number of nitriles is 1. The van der Waals surface area contributed by atoms with Crippen LogP contribution < -0.4 is 0 Å². The zero-order valence-corrected chi connectivity index (χ0v) is 15.7. The Morgan fingerprint density at radius 3 is 2.32 bits per heavy atom. The van der Waals surface area contributed by atoms with Crippen molar-refractivity contribution >= 4 is 10.0 Å². The lowest BCUT2D eigenvalue weighted by atomic mass is 10.1. The molecule has 1 aliphatic heterocycles. The SMILES string of the molecule is N#Cc1ccccc1CN1CCN(S(=O)(=O)c2cccc(C(F)(F)F)c2)CC1. The maximum absolute atomic E-state index is 12.9. The molecule has 1 saturated heterocycles. The van der Waals surface area contributed by atoms with Crippen LogP contribution in [-0.4, -0.2) is 43.8 Å². The van der Waals surface area contributed by atoms with Gasteiger partial charge < -0.3 is 0 Å². The molecule has 0 spiro atoms. The highest BCUT2D eigenvalue weighted by molar-refractivity contribution is 7.89. The minimum Gasteiger partial charge on any atom is -0.296 e. The maximum atomic E-state index is 12.9. The summed E-state index contributed by atoms with van der Waals surface area (Å²) in [7, 11) is -4.00. The molecule has 0 atom stereocenters. The number of alkyl halides is 3. The molecule has 1 fully saturated rings. The van der Waals surface area contributed by atoms with Gasteiger partial charge in [-0.1, -0.05) is 24.3 Å². The zero-order chi connectivity index (χ0) is 20.4. The number of nitrogens with zero attached hydrogens (tertiary/aromatic N) is 3. The van der Waals surface area contributed by atoms with Crippen LogP contribution in [0.25, 0.3) is 0 Å². The summed E-state index contributed by atoms with van der Waals surface area (Å²) in [6, 6.07) is 13.1. The quantitative estimate of drug-likeness (QED) is 0.779. The number of halogens is 3. The van der Waals surface area contributed by atoms with Gasteiger partial charge in [-0.3, -0.25) is 4.90 Å². The molecule has 2 aromatic rings. The van der Waals surface area contributed by atoms with Gasteiger partial charge in [-0.05, 0) is 29.8 Å². The van der Waals surface area contributed by atoms with Crippen molar-refractivity contribution in [1.82, 2.24) is 9.21 Å². The van der Waals surface area contributed by atoms with Gasteiger partial charge in [-0.2, -0.15) is 22.7 Å². The zero-order valence-electron chi connectivity index (χ0n) is 14.9. The lowest BCUT2D eigenvalue weighted by Crippen LogP contribution is -2.48. The van der Waals surface area contributed by atoms with E-state index in [9.17, 15) is 21.6 Å². The van der Waals surface area contributed by atoms with Crippen LogP contribution in [0.5, 0.6) is 0 Å². The van der Waals surface area contributed by atoms with E-state index in [4.69, 9.17) is 5.26 Å². The molecule has 0 N–H and O–H groups in total. The van der Waals surface area contributed by atoms with Crippen molar-refractivity contribution in [2.24, 2.45) is 0 Å². The van der Waals surface area contributed by atoms with E-state index in [1.54, 1.807) is 12.1 Å². The number of hydrogen-bond acceptors (Lipinski definition) is 4. The number of piperazine rings is 1. The summed E-state index contributed by atoms with van der Waals surface area (Å²) < 4.78 is 65.3. The van der Waals surface area contributed by atoms with Gasteiger partial charge in [-0.15, -0.1) is 0 Å². The van der Waals surface area contributed by atoms with Crippen LogP contribution in [0, 0.1) is 11.3 Å². The molecule has 5 nitrogen and oxygen atoms in total. The van der Waals surface area contributed by atoms with E-state index in [0.29, 0.717) is 31.3 Å². The van der Waals surface area contributed by atoms with Crippen LogP contribution in [0.4, 0.5) is 13.2 Å². The highest BCUT2D eigenvalue weighted by Crippen LogP contribution is 2.31. The van der Waals surface area contributed by atoms with Crippen molar-refractivity contribution in [3.05, 3.63) is 65.2 Å². The third-order valence-corrected chi connectivity index (χ3v) is 6.56. The summed E-state index contributed by atoms with van der Waals surface area (Å²) in [4.78, 5) is 1.67. The fraction of sp³-hybridized carbons (Fsp3) is 0.316. The first-order valence-corrected chi connectivity index (χ1v) is 10.0. The van der Waals surface area contributed by atoms with Crippen LogP contribution in [0.2, 0.25) is 0 Å². The normalized spacial score (nSPS) is 16.6. The van der Waals surface area contributed by atoms with Crippen molar-refractivity contribution < 1.29 is 21.6 Å². The molecule has 9 heteroatoms. The number of benzene rings is 2. The van der Waals surface area contributed by atoms with E-state index in [1.165, 1.54) is 10.4 Å². The molecule has 28 heavy (non-hydrogen) atoms. The molecule has 0 radical (unpaired) electrons. The summed E-state index contributed by atoms with van der Waals surface area (Å²) >= 11 is 0. The molecular formula is C19H18F3N3O2S. The Bertz CT molecular complexity index is 992. The molecule has 3 rings (SSSR count). The molecule has 1 heterocycles. The lowest BCUT2D eigenvalue weighted by Gasteiger charge is -2.34. The Balaban J connectivity index is 1.70. The Kier molecular flexibility index (Phi) is 5.74. The van der Waals surface area contributed by atoms with Gasteiger partial charge in [0.2, 0.25) is 10.0 Å². The molecule has 0 aliphatic carbocycles. The van der Waals surface area contributed by atoms with Gasteiger partial charge >= 0.3 is 6.18 Å². The van der Waals surface area contributed by atoms with Gasteiger partial charge in [0.05, 0.1) is 22.1 Å². The summed E-state index contributed by atoms with van der Waals surface area (Å²) in [5.74, 6) is 0. The van der Waals surface area contributed by atoms with E-state index >= 15 is 0 Å². The van der Waals surface area contributed by atoms with Crippen LogP contribution in [-0.2, 0) is 22.7 Å². The van der Waals surface area contributed by atoms with E-state index in [2.05, 4.69) is 6.07 Å². The lowest BCUT2D eigenvalue weighted by molar-refractivity contribution is -0.137. The molecule has 1 aliphatic rings. The second-order valence-corrected chi connectivity index (χ2v) is 8.41. The molecule has 0 aromatic heterocycles. The van der Waals surface area contributed by atoms with E-state index in [1.807, 2.05) is 17.0 Å². The standard InChI is InChI=1S/C19H18F3N3O2S/c20-19(21,22)17-6-3-7-18(12-17)28(26,27)25-10-8-24(9-11-25)14-16-5-2-1-4-15(16)13-23/h1-7,12H,8-11,14H2. The number of rotatable bonds is 4. The Morgan fingerprint density at radius 1 is 1.00 bits per heavy atom. The van der Waals surface area contributed by atoms with Crippen LogP contribution in [0.1, 0.15) is 16.7 Å². The Hall–Kier alpha value is -2.41. The fourth-order valence-corrected chi connectivity index (χ4v) is 4.59. The van der Waals surface area contributed by atoms with Crippen molar-refractivity contribution in [1.29, 1.82) is 5.26 Å². The topological polar surface area (TPSA) is 64.4 Å². The molecule has 2 aromatic carbocycles. The Morgan fingerprint density at radius 2 is 1.68 bits per heavy atom.